The highest BCUT2D eigenvalue weighted by atomic mass is 35.5. The van der Waals surface area contributed by atoms with Gasteiger partial charge in [0.25, 0.3) is 0 Å². The van der Waals surface area contributed by atoms with Crippen LogP contribution in [0.1, 0.15) is 12.8 Å². The van der Waals surface area contributed by atoms with E-state index in [0.717, 1.165) is 12.5 Å². The summed E-state index contributed by atoms with van der Waals surface area (Å²) in [5.74, 6) is 0.527. The quantitative estimate of drug-likeness (QED) is 0.803. The van der Waals surface area contributed by atoms with Crippen molar-refractivity contribution in [2.45, 2.75) is 12.8 Å². The third-order valence-electron chi connectivity index (χ3n) is 2.43. The van der Waals surface area contributed by atoms with Crippen molar-refractivity contribution in [3.8, 4) is 0 Å². The lowest BCUT2D eigenvalue weighted by Crippen LogP contribution is -2.29. The number of nitrogens with zero attached hydrogens (tertiary/aromatic N) is 2. The minimum absolute atomic E-state index is 0.139. The minimum atomic E-state index is -0.204. The molecule has 1 saturated carbocycles. The molecule has 92 valence electrons. The molecule has 0 saturated heterocycles. The third kappa shape index (κ3) is 3.80. The van der Waals surface area contributed by atoms with E-state index in [0.29, 0.717) is 0 Å². The molecule has 0 radical (unpaired) electrons. The fraction of sp³-hybridized carbons (Fsp3) is 0.500. The van der Waals surface area contributed by atoms with E-state index >= 15 is 0 Å². The first-order valence-electron chi connectivity index (χ1n) is 5.33. The van der Waals surface area contributed by atoms with E-state index in [9.17, 15) is 4.79 Å². The highest BCUT2D eigenvalue weighted by molar-refractivity contribution is 6.38. The number of hydrogen-bond acceptors (Lipinski definition) is 4. The SMILES string of the molecule is O=C(CNCC1CC1)Nc1c(Cl)ncnc1Cl. The lowest BCUT2D eigenvalue weighted by Gasteiger charge is -2.08. The van der Waals surface area contributed by atoms with Crippen LogP contribution in [-0.2, 0) is 4.79 Å². The van der Waals surface area contributed by atoms with E-state index in [-0.39, 0.29) is 28.4 Å². The Balaban J connectivity index is 1.84. The average molecular weight is 275 g/mol. The Morgan fingerprint density at radius 2 is 2.00 bits per heavy atom. The summed E-state index contributed by atoms with van der Waals surface area (Å²) in [4.78, 5) is 19.1. The van der Waals surface area contributed by atoms with Gasteiger partial charge >= 0.3 is 0 Å². The van der Waals surface area contributed by atoms with Gasteiger partial charge in [-0.25, -0.2) is 9.97 Å². The van der Waals surface area contributed by atoms with Crippen LogP contribution in [0.3, 0.4) is 0 Å². The molecule has 0 unspecified atom stereocenters. The normalized spacial score (nSPS) is 14.7. The first kappa shape index (κ1) is 12.5. The topological polar surface area (TPSA) is 66.9 Å². The number of halogens is 2. The molecule has 1 aliphatic carbocycles. The van der Waals surface area contributed by atoms with Crippen LogP contribution in [0.25, 0.3) is 0 Å². The van der Waals surface area contributed by atoms with Crippen LogP contribution in [0.5, 0.6) is 0 Å². The Morgan fingerprint density at radius 3 is 2.59 bits per heavy atom. The van der Waals surface area contributed by atoms with Crippen LogP contribution in [0.4, 0.5) is 5.69 Å². The molecule has 1 fully saturated rings. The fourth-order valence-corrected chi connectivity index (χ4v) is 1.75. The summed E-state index contributed by atoms with van der Waals surface area (Å²) in [5, 5.41) is 5.93. The van der Waals surface area contributed by atoms with Crippen LogP contribution in [-0.4, -0.2) is 29.0 Å². The van der Waals surface area contributed by atoms with Gasteiger partial charge in [-0.15, -0.1) is 0 Å². The van der Waals surface area contributed by atoms with E-state index < -0.39 is 0 Å². The highest BCUT2D eigenvalue weighted by Crippen LogP contribution is 2.27. The molecule has 1 heterocycles. The monoisotopic (exact) mass is 274 g/mol. The van der Waals surface area contributed by atoms with Gasteiger partial charge in [0, 0.05) is 0 Å². The zero-order valence-corrected chi connectivity index (χ0v) is 10.6. The second-order valence-corrected chi connectivity index (χ2v) is 4.67. The maximum atomic E-state index is 11.6. The molecule has 7 heteroatoms. The summed E-state index contributed by atoms with van der Waals surface area (Å²) in [6.45, 7) is 1.11. The first-order valence-corrected chi connectivity index (χ1v) is 6.09. The molecule has 5 nitrogen and oxygen atoms in total. The van der Waals surface area contributed by atoms with Crippen molar-refractivity contribution in [3.05, 3.63) is 16.6 Å². The maximum Gasteiger partial charge on any atom is 0.238 e. The Morgan fingerprint density at radius 1 is 1.35 bits per heavy atom. The van der Waals surface area contributed by atoms with Crippen molar-refractivity contribution >= 4 is 34.8 Å². The van der Waals surface area contributed by atoms with E-state index in [1.807, 2.05) is 0 Å². The maximum absolute atomic E-state index is 11.6. The molecule has 17 heavy (non-hydrogen) atoms. The molecule has 1 aromatic rings. The van der Waals surface area contributed by atoms with Gasteiger partial charge in [0.1, 0.15) is 12.0 Å². The minimum Gasteiger partial charge on any atom is -0.320 e. The summed E-state index contributed by atoms with van der Waals surface area (Å²) in [7, 11) is 0. The molecule has 0 spiro atoms. The van der Waals surface area contributed by atoms with Gasteiger partial charge in [0.15, 0.2) is 10.3 Å². The van der Waals surface area contributed by atoms with Crippen LogP contribution in [0.15, 0.2) is 6.33 Å². The lowest BCUT2D eigenvalue weighted by molar-refractivity contribution is -0.115. The Labute approximate surface area is 109 Å². The second-order valence-electron chi connectivity index (χ2n) is 3.95. The lowest BCUT2D eigenvalue weighted by atomic mass is 10.4. The van der Waals surface area contributed by atoms with Gasteiger partial charge < -0.3 is 10.6 Å². The number of amides is 1. The van der Waals surface area contributed by atoms with E-state index in [4.69, 9.17) is 23.2 Å². The Kier molecular flexibility index (Phi) is 4.15. The fourth-order valence-electron chi connectivity index (χ4n) is 1.34. The summed E-state index contributed by atoms with van der Waals surface area (Å²) < 4.78 is 0. The number of hydrogen-bond donors (Lipinski definition) is 2. The predicted molar refractivity (Wildman–Crippen MR) is 66.3 cm³/mol. The van der Waals surface area contributed by atoms with Gasteiger partial charge in [0.05, 0.1) is 6.54 Å². The Hall–Kier alpha value is -0.910. The largest absolute Gasteiger partial charge is 0.320 e. The van der Waals surface area contributed by atoms with Crippen molar-refractivity contribution in [1.82, 2.24) is 15.3 Å². The van der Waals surface area contributed by atoms with Crippen LogP contribution >= 0.6 is 23.2 Å². The molecule has 0 atom stereocenters. The van der Waals surface area contributed by atoms with E-state index in [2.05, 4.69) is 20.6 Å². The molecule has 2 N–H and O–H groups in total. The van der Waals surface area contributed by atoms with E-state index in [1.54, 1.807) is 0 Å². The summed E-state index contributed by atoms with van der Waals surface area (Å²) in [6, 6.07) is 0. The predicted octanol–water partition coefficient (Wildman–Crippen LogP) is 1.72. The number of carbonyl (C=O) groups is 1. The first-order chi connectivity index (χ1) is 8.16. The number of carbonyl (C=O) groups excluding carboxylic acids is 1. The third-order valence-corrected chi connectivity index (χ3v) is 3.01. The number of aromatic nitrogens is 2. The molecule has 0 aromatic carbocycles. The molecule has 1 aromatic heterocycles. The number of rotatable bonds is 5. The zero-order chi connectivity index (χ0) is 12.3. The molecule has 0 bridgehead atoms. The van der Waals surface area contributed by atoms with Gasteiger partial charge in [-0.1, -0.05) is 23.2 Å². The van der Waals surface area contributed by atoms with Gasteiger partial charge in [-0.2, -0.15) is 0 Å². The Bertz CT molecular complexity index is 403. The van der Waals surface area contributed by atoms with Crippen LogP contribution in [0.2, 0.25) is 10.3 Å². The van der Waals surface area contributed by atoms with Gasteiger partial charge in [0.2, 0.25) is 5.91 Å². The van der Waals surface area contributed by atoms with Crippen molar-refractivity contribution < 1.29 is 4.79 Å². The molecule has 1 aliphatic rings. The highest BCUT2D eigenvalue weighted by Gasteiger charge is 2.20. The summed E-state index contributed by atoms with van der Waals surface area (Å²) in [6.07, 6.45) is 3.74. The smallest absolute Gasteiger partial charge is 0.238 e. The number of anilines is 1. The average Bonchev–Trinajstić information content (AvgIpc) is 3.08. The van der Waals surface area contributed by atoms with Crippen LogP contribution < -0.4 is 10.6 Å². The molecular formula is C10H12Cl2N4O. The van der Waals surface area contributed by atoms with Crippen molar-refractivity contribution in [1.29, 1.82) is 0 Å². The van der Waals surface area contributed by atoms with E-state index in [1.165, 1.54) is 19.2 Å². The standard InChI is InChI=1S/C10H12Cl2N4O/c11-9-8(10(12)15-5-14-9)16-7(17)4-13-3-6-1-2-6/h5-6,13H,1-4H2,(H,16,17). The zero-order valence-electron chi connectivity index (χ0n) is 9.04. The van der Waals surface area contributed by atoms with Gasteiger partial charge in [-0.3, -0.25) is 4.79 Å². The molecule has 0 aliphatic heterocycles. The van der Waals surface area contributed by atoms with Crippen molar-refractivity contribution in [3.63, 3.8) is 0 Å². The van der Waals surface area contributed by atoms with Crippen molar-refractivity contribution in [2.24, 2.45) is 5.92 Å². The summed E-state index contributed by atoms with van der Waals surface area (Å²) in [5.41, 5.74) is 0.258. The molecule has 2 rings (SSSR count). The summed E-state index contributed by atoms with van der Waals surface area (Å²) >= 11 is 11.6. The van der Waals surface area contributed by atoms with Crippen LogP contribution in [0, 0.1) is 5.92 Å². The molecule has 1 amide bonds. The molecular weight excluding hydrogens is 263 g/mol. The number of nitrogens with one attached hydrogen (secondary N) is 2. The second kappa shape index (κ2) is 5.62. The van der Waals surface area contributed by atoms with Crippen molar-refractivity contribution in [2.75, 3.05) is 18.4 Å². The van der Waals surface area contributed by atoms with Gasteiger partial charge in [-0.05, 0) is 25.3 Å².